The fourth-order valence-electron chi connectivity index (χ4n) is 5.34. The normalized spacial score (nSPS) is 25.7. The minimum Gasteiger partial charge on any atom is -0.356 e. The average molecular weight is 428 g/mol. The maximum Gasteiger partial charge on any atom is 0.211 e. The Kier molecular flexibility index (Phi) is 8.22. The SMILES string of the molecule is CN=C(NCC1CCN(S(C)(=O)=O)CC1)NCC1(N2CCCCC2)CCCCC1. The Morgan fingerprint density at radius 1 is 0.966 bits per heavy atom. The average Bonchev–Trinajstić information content (AvgIpc) is 2.75. The molecule has 168 valence electrons. The molecule has 0 atom stereocenters. The molecule has 7 nitrogen and oxygen atoms in total. The van der Waals surface area contributed by atoms with Crippen molar-refractivity contribution in [2.45, 2.75) is 69.7 Å². The Balaban J connectivity index is 1.48. The van der Waals surface area contributed by atoms with E-state index in [2.05, 4.69) is 20.5 Å². The van der Waals surface area contributed by atoms with Gasteiger partial charge in [0.1, 0.15) is 0 Å². The van der Waals surface area contributed by atoms with Crippen molar-refractivity contribution in [3.8, 4) is 0 Å². The van der Waals surface area contributed by atoms with Gasteiger partial charge in [0.2, 0.25) is 10.0 Å². The van der Waals surface area contributed by atoms with Gasteiger partial charge in [-0.25, -0.2) is 12.7 Å². The van der Waals surface area contributed by atoms with E-state index in [-0.39, 0.29) is 5.54 Å². The zero-order valence-electron chi connectivity index (χ0n) is 18.5. The summed E-state index contributed by atoms with van der Waals surface area (Å²) >= 11 is 0. The molecule has 0 spiro atoms. The van der Waals surface area contributed by atoms with E-state index in [1.54, 1.807) is 4.31 Å². The summed E-state index contributed by atoms with van der Waals surface area (Å²) in [6, 6.07) is 0. The Morgan fingerprint density at radius 2 is 1.59 bits per heavy atom. The summed E-state index contributed by atoms with van der Waals surface area (Å²) in [7, 11) is -1.21. The van der Waals surface area contributed by atoms with Gasteiger partial charge in [-0.05, 0) is 57.5 Å². The standard InChI is InChI=1S/C21H41N5O2S/c1-22-20(23-17-19-9-15-26(16-10-19)29(2,27)28)24-18-21(11-5-3-6-12-21)25-13-7-4-8-14-25/h19H,3-18H2,1-2H3,(H2,22,23,24). The predicted octanol–water partition coefficient (Wildman–Crippen LogP) is 2.01. The van der Waals surface area contributed by atoms with Gasteiger partial charge in [-0.2, -0.15) is 0 Å². The molecule has 0 aromatic carbocycles. The van der Waals surface area contributed by atoms with Crippen molar-refractivity contribution in [2.75, 3.05) is 52.6 Å². The van der Waals surface area contributed by atoms with Crippen molar-refractivity contribution in [1.29, 1.82) is 0 Å². The van der Waals surface area contributed by atoms with Gasteiger partial charge in [-0.1, -0.05) is 25.7 Å². The Bertz CT molecular complexity index is 631. The largest absolute Gasteiger partial charge is 0.356 e. The number of rotatable bonds is 6. The third-order valence-electron chi connectivity index (χ3n) is 7.22. The number of nitrogens with zero attached hydrogens (tertiary/aromatic N) is 3. The molecule has 1 aliphatic carbocycles. The highest BCUT2D eigenvalue weighted by atomic mass is 32.2. The molecule has 8 heteroatoms. The van der Waals surface area contributed by atoms with E-state index in [1.807, 2.05) is 7.05 Å². The molecular formula is C21H41N5O2S. The summed E-state index contributed by atoms with van der Waals surface area (Å²) in [5.41, 5.74) is 0.289. The summed E-state index contributed by atoms with van der Waals surface area (Å²) in [5.74, 6) is 1.38. The lowest BCUT2D eigenvalue weighted by atomic mass is 9.79. The van der Waals surface area contributed by atoms with Crippen LogP contribution in [0.2, 0.25) is 0 Å². The fourth-order valence-corrected chi connectivity index (χ4v) is 6.21. The number of hydrogen-bond donors (Lipinski definition) is 2. The van der Waals surface area contributed by atoms with E-state index in [9.17, 15) is 8.42 Å². The second-order valence-corrected chi connectivity index (χ2v) is 11.2. The van der Waals surface area contributed by atoms with Crippen LogP contribution in [0.15, 0.2) is 4.99 Å². The maximum atomic E-state index is 11.7. The highest BCUT2D eigenvalue weighted by molar-refractivity contribution is 7.88. The van der Waals surface area contributed by atoms with Crippen molar-refractivity contribution >= 4 is 16.0 Å². The van der Waals surface area contributed by atoms with E-state index in [0.717, 1.165) is 31.9 Å². The lowest BCUT2D eigenvalue weighted by Crippen LogP contribution is -2.59. The molecule has 3 rings (SSSR count). The van der Waals surface area contributed by atoms with Crippen LogP contribution in [-0.4, -0.2) is 81.7 Å². The van der Waals surface area contributed by atoms with E-state index < -0.39 is 10.0 Å². The first-order valence-electron chi connectivity index (χ1n) is 11.6. The molecule has 2 aliphatic heterocycles. The van der Waals surface area contributed by atoms with E-state index >= 15 is 0 Å². The lowest BCUT2D eigenvalue weighted by molar-refractivity contribution is 0.0368. The van der Waals surface area contributed by atoms with Crippen LogP contribution in [-0.2, 0) is 10.0 Å². The van der Waals surface area contributed by atoms with Crippen molar-refractivity contribution in [3.05, 3.63) is 0 Å². The first-order valence-corrected chi connectivity index (χ1v) is 13.4. The molecule has 0 bridgehead atoms. The molecule has 29 heavy (non-hydrogen) atoms. The van der Waals surface area contributed by atoms with Crippen LogP contribution in [0.4, 0.5) is 0 Å². The minimum atomic E-state index is -3.05. The molecule has 0 unspecified atom stereocenters. The molecular weight excluding hydrogens is 386 g/mol. The van der Waals surface area contributed by atoms with Gasteiger partial charge in [-0.3, -0.25) is 9.89 Å². The third-order valence-corrected chi connectivity index (χ3v) is 8.52. The van der Waals surface area contributed by atoms with E-state index in [0.29, 0.717) is 19.0 Å². The maximum absolute atomic E-state index is 11.7. The Labute approximate surface area is 177 Å². The van der Waals surface area contributed by atoms with Gasteiger partial charge in [-0.15, -0.1) is 0 Å². The number of piperidine rings is 2. The van der Waals surface area contributed by atoms with Gasteiger partial charge in [0.15, 0.2) is 5.96 Å². The molecule has 0 aromatic heterocycles. The van der Waals surface area contributed by atoms with Crippen LogP contribution < -0.4 is 10.6 Å². The molecule has 3 fully saturated rings. The van der Waals surface area contributed by atoms with Crippen molar-refractivity contribution < 1.29 is 8.42 Å². The lowest BCUT2D eigenvalue weighted by Gasteiger charge is -2.48. The smallest absolute Gasteiger partial charge is 0.211 e. The number of guanidine groups is 1. The molecule has 0 amide bonds. The van der Waals surface area contributed by atoms with Gasteiger partial charge in [0.05, 0.1) is 6.26 Å². The minimum absolute atomic E-state index is 0.289. The highest BCUT2D eigenvalue weighted by Crippen LogP contribution is 2.35. The molecule has 2 saturated heterocycles. The summed E-state index contributed by atoms with van der Waals surface area (Å²) < 4.78 is 25.0. The van der Waals surface area contributed by atoms with Crippen LogP contribution in [0.3, 0.4) is 0 Å². The second kappa shape index (κ2) is 10.4. The van der Waals surface area contributed by atoms with Gasteiger partial charge in [0.25, 0.3) is 0 Å². The first kappa shape index (κ1) is 22.8. The van der Waals surface area contributed by atoms with Crippen LogP contribution in [0.5, 0.6) is 0 Å². The van der Waals surface area contributed by atoms with Crippen molar-refractivity contribution in [3.63, 3.8) is 0 Å². The zero-order valence-corrected chi connectivity index (χ0v) is 19.3. The quantitative estimate of drug-likeness (QED) is 0.501. The van der Waals surface area contributed by atoms with Crippen LogP contribution in [0.1, 0.15) is 64.2 Å². The number of nitrogens with one attached hydrogen (secondary N) is 2. The van der Waals surface area contributed by atoms with Crippen molar-refractivity contribution in [2.24, 2.45) is 10.9 Å². The van der Waals surface area contributed by atoms with Crippen LogP contribution in [0.25, 0.3) is 0 Å². The fraction of sp³-hybridized carbons (Fsp3) is 0.952. The molecule has 0 aromatic rings. The number of likely N-dealkylation sites (tertiary alicyclic amines) is 1. The van der Waals surface area contributed by atoms with E-state index in [1.165, 1.54) is 70.7 Å². The molecule has 1 saturated carbocycles. The Morgan fingerprint density at radius 3 is 2.17 bits per heavy atom. The summed E-state index contributed by atoms with van der Waals surface area (Å²) in [5, 5.41) is 7.15. The Hall–Kier alpha value is -0.860. The number of sulfonamides is 1. The molecule has 2 heterocycles. The number of aliphatic imine (C=N–C) groups is 1. The molecule has 2 N–H and O–H groups in total. The summed E-state index contributed by atoms with van der Waals surface area (Å²) in [6.07, 6.45) is 13.8. The summed E-state index contributed by atoms with van der Waals surface area (Å²) in [4.78, 5) is 7.22. The topological polar surface area (TPSA) is 77.0 Å². The second-order valence-electron chi connectivity index (χ2n) is 9.24. The van der Waals surface area contributed by atoms with Crippen LogP contribution in [0, 0.1) is 5.92 Å². The predicted molar refractivity (Wildman–Crippen MR) is 120 cm³/mol. The molecule has 0 radical (unpaired) electrons. The van der Waals surface area contributed by atoms with Gasteiger partial charge in [0, 0.05) is 38.8 Å². The summed E-state index contributed by atoms with van der Waals surface area (Å²) in [6.45, 7) is 5.58. The number of hydrogen-bond acceptors (Lipinski definition) is 4. The van der Waals surface area contributed by atoms with Crippen LogP contribution >= 0.6 is 0 Å². The molecule has 3 aliphatic rings. The van der Waals surface area contributed by atoms with Gasteiger partial charge >= 0.3 is 0 Å². The van der Waals surface area contributed by atoms with Crippen molar-refractivity contribution in [1.82, 2.24) is 19.8 Å². The highest BCUT2D eigenvalue weighted by Gasteiger charge is 2.38. The van der Waals surface area contributed by atoms with E-state index in [4.69, 9.17) is 0 Å². The first-order chi connectivity index (χ1) is 13.9. The van der Waals surface area contributed by atoms with Gasteiger partial charge < -0.3 is 10.6 Å². The third kappa shape index (κ3) is 6.31. The monoisotopic (exact) mass is 427 g/mol. The zero-order chi connectivity index (χ0) is 20.7.